The molecule has 0 amide bonds. The van der Waals surface area contributed by atoms with Crippen molar-refractivity contribution in [1.29, 1.82) is 0 Å². The molecule has 5 heteroatoms. The molecule has 0 aromatic carbocycles. The summed E-state index contributed by atoms with van der Waals surface area (Å²) in [6.45, 7) is 7.72. The van der Waals surface area contributed by atoms with Crippen LogP contribution in [0.1, 0.15) is 33.0 Å². The molecule has 2 aromatic heterocycles. The number of thiophene rings is 1. The third kappa shape index (κ3) is 3.64. The first kappa shape index (κ1) is 13.7. The minimum Gasteiger partial charge on any atom is -0.373 e. The molecule has 2 aromatic rings. The molecule has 0 fully saturated rings. The molecule has 2 rings (SSSR count). The van der Waals surface area contributed by atoms with E-state index in [2.05, 4.69) is 30.7 Å². The van der Waals surface area contributed by atoms with Crippen molar-refractivity contribution in [1.82, 2.24) is 9.97 Å². The minimum atomic E-state index is 0.288. The monoisotopic (exact) mass is 284 g/mol. The molecular formula is C13H17ClN2OS. The molecule has 2 heterocycles. The van der Waals surface area contributed by atoms with E-state index in [0.29, 0.717) is 24.2 Å². The lowest BCUT2D eigenvalue weighted by atomic mass is 9.93. The van der Waals surface area contributed by atoms with Crippen molar-refractivity contribution in [2.75, 3.05) is 6.61 Å². The van der Waals surface area contributed by atoms with E-state index in [1.54, 1.807) is 11.3 Å². The fourth-order valence-corrected chi connectivity index (χ4v) is 2.56. The van der Waals surface area contributed by atoms with Gasteiger partial charge in [-0.05, 0) is 23.3 Å². The number of aromatic nitrogens is 2. The number of rotatable bonds is 4. The van der Waals surface area contributed by atoms with Gasteiger partial charge < -0.3 is 4.74 Å². The van der Waals surface area contributed by atoms with Crippen LogP contribution in [0.15, 0.2) is 11.4 Å². The van der Waals surface area contributed by atoms with E-state index in [1.807, 2.05) is 11.4 Å². The number of hydrogen-bond donors (Lipinski definition) is 0. The molecule has 0 atom stereocenters. The van der Waals surface area contributed by atoms with Gasteiger partial charge in [0.1, 0.15) is 16.6 Å². The lowest BCUT2D eigenvalue weighted by Gasteiger charge is -2.17. The Bertz CT molecular complexity index is 533. The van der Waals surface area contributed by atoms with Crippen LogP contribution in [0.25, 0.3) is 10.2 Å². The fourth-order valence-electron chi connectivity index (χ4n) is 1.47. The largest absolute Gasteiger partial charge is 0.373 e. The van der Waals surface area contributed by atoms with E-state index in [4.69, 9.17) is 16.3 Å². The van der Waals surface area contributed by atoms with E-state index in [9.17, 15) is 0 Å². The van der Waals surface area contributed by atoms with Crippen LogP contribution in [0.4, 0.5) is 0 Å². The van der Waals surface area contributed by atoms with Crippen LogP contribution in [0.2, 0.25) is 5.15 Å². The van der Waals surface area contributed by atoms with Gasteiger partial charge in [-0.3, -0.25) is 0 Å². The molecular weight excluding hydrogens is 268 g/mol. The van der Waals surface area contributed by atoms with Crippen LogP contribution in [0, 0.1) is 5.41 Å². The standard InChI is InChI=1S/C13H17ClN2OS/c1-13(2,3)5-6-17-8-10-15-11(14)9-4-7-18-12(9)16-10/h4,7H,5-6,8H2,1-3H3. The van der Waals surface area contributed by atoms with Crippen LogP contribution in [0.5, 0.6) is 0 Å². The fraction of sp³-hybridized carbons (Fsp3) is 0.538. The van der Waals surface area contributed by atoms with Crippen molar-refractivity contribution in [3.8, 4) is 0 Å². The maximum atomic E-state index is 6.09. The van der Waals surface area contributed by atoms with Crippen molar-refractivity contribution >= 4 is 33.2 Å². The van der Waals surface area contributed by atoms with Gasteiger partial charge in [0, 0.05) is 12.0 Å². The third-order valence-corrected chi connectivity index (χ3v) is 3.65. The molecule has 0 spiro atoms. The first-order chi connectivity index (χ1) is 8.46. The smallest absolute Gasteiger partial charge is 0.157 e. The highest BCUT2D eigenvalue weighted by Gasteiger charge is 2.10. The van der Waals surface area contributed by atoms with Crippen molar-refractivity contribution in [3.63, 3.8) is 0 Å². The quantitative estimate of drug-likeness (QED) is 0.620. The molecule has 18 heavy (non-hydrogen) atoms. The Morgan fingerprint density at radius 1 is 1.33 bits per heavy atom. The Labute approximate surface area is 116 Å². The predicted octanol–water partition coefficient (Wildman–Crippen LogP) is 4.30. The average molecular weight is 285 g/mol. The Kier molecular flexibility index (Phi) is 4.20. The third-order valence-electron chi connectivity index (χ3n) is 2.55. The molecule has 0 aliphatic heterocycles. The Hall–Kier alpha value is -0.710. The summed E-state index contributed by atoms with van der Waals surface area (Å²) < 4.78 is 5.60. The number of fused-ring (bicyclic) bond motifs is 1. The number of hydrogen-bond acceptors (Lipinski definition) is 4. The van der Waals surface area contributed by atoms with E-state index >= 15 is 0 Å². The highest BCUT2D eigenvalue weighted by Crippen LogP contribution is 2.25. The van der Waals surface area contributed by atoms with E-state index in [0.717, 1.165) is 16.6 Å². The zero-order valence-corrected chi connectivity index (χ0v) is 12.4. The maximum Gasteiger partial charge on any atom is 0.157 e. The summed E-state index contributed by atoms with van der Waals surface area (Å²) in [5.41, 5.74) is 0.288. The molecule has 3 nitrogen and oxygen atoms in total. The zero-order valence-electron chi connectivity index (χ0n) is 10.9. The molecule has 0 aliphatic carbocycles. The minimum absolute atomic E-state index is 0.288. The van der Waals surface area contributed by atoms with Crippen LogP contribution >= 0.6 is 22.9 Å². The summed E-state index contributed by atoms with van der Waals surface area (Å²) in [6.07, 6.45) is 1.02. The molecule has 0 N–H and O–H groups in total. The molecule has 0 aliphatic rings. The molecule has 0 bridgehead atoms. The van der Waals surface area contributed by atoms with Gasteiger partial charge >= 0.3 is 0 Å². The SMILES string of the molecule is CC(C)(C)CCOCc1nc(Cl)c2ccsc2n1. The summed E-state index contributed by atoms with van der Waals surface area (Å²) in [7, 11) is 0. The van der Waals surface area contributed by atoms with Gasteiger partial charge in [-0.1, -0.05) is 32.4 Å². The highest BCUT2D eigenvalue weighted by atomic mass is 35.5. The average Bonchev–Trinajstić information content (AvgIpc) is 2.71. The Balaban J connectivity index is 1.95. The molecule has 98 valence electrons. The second-order valence-electron chi connectivity index (χ2n) is 5.43. The topological polar surface area (TPSA) is 35.0 Å². The second-order valence-corrected chi connectivity index (χ2v) is 6.69. The van der Waals surface area contributed by atoms with E-state index < -0.39 is 0 Å². The van der Waals surface area contributed by atoms with Crippen LogP contribution in [0.3, 0.4) is 0 Å². The van der Waals surface area contributed by atoms with E-state index in [-0.39, 0.29) is 5.41 Å². The van der Waals surface area contributed by atoms with Crippen molar-refractivity contribution in [2.24, 2.45) is 5.41 Å². The molecule has 0 saturated carbocycles. The summed E-state index contributed by atoms with van der Waals surface area (Å²) in [4.78, 5) is 9.59. The van der Waals surface area contributed by atoms with Crippen LogP contribution < -0.4 is 0 Å². The van der Waals surface area contributed by atoms with Gasteiger partial charge in [-0.2, -0.15) is 0 Å². The summed E-state index contributed by atoms with van der Waals surface area (Å²) >= 11 is 7.66. The maximum absolute atomic E-state index is 6.09. The van der Waals surface area contributed by atoms with Gasteiger partial charge in [-0.25, -0.2) is 9.97 Å². The normalized spacial score (nSPS) is 12.2. The Morgan fingerprint density at radius 3 is 2.83 bits per heavy atom. The molecule has 0 radical (unpaired) electrons. The summed E-state index contributed by atoms with van der Waals surface area (Å²) in [6, 6.07) is 1.94. The highest BCUT2D eigenvalue weighted by molar-refractivity contribution is 7.16. The van der Waals surface area contributed by atoms with Crippen LogP contribution in [-0.2, 0) is 11.3 Å². The predicted molar refractivity (Wildman–Crippen MR) is 76.2 cm³/mol. The summed E-state index contributed by atoms with van der Waals surface area (Å²) in [5.74, 6) is 0.656. The van der Waals surface area contributed by atoms with Gasteiger partial charge in [0.15, 0.2) is 5.82 Å². The van der Waals surface area contributed by atoms with Crippen molar-refractivity contribution in [2.45, 2.75) is 33.8 Å². The van der Waals surface area contributed by atoms with Gasteiger partial charge in [0.2, 0.25) is 0 Å². The lowest BCUT2D eigenvalue weighted by Crippen LogP contribution is -2.10. The van der Waals surface area contributed by atoms with Gasteiger partial charge in [0.05, 0.1) is 0 Å². The molecule has 0 saturated heterocycles. The number of halogens is 1. The van der Waals surface area contributed by atoms with Gasteiger partial charge in [-0.15, -0.1) is 11.3 Å². The lowest BCUT2D eigenvalue weighted by molar-refractivity contribution is 0.0919. The van der Waals surface area contributed by atoms with Crippen molar-refractivity contribution in [3.05, 3.63) is 22.4 Å². The summed E-state index contributed by atoms with van der Waals surface area (Å²) in [5, 5.41) is 3.39. The van der Waals surface area contributed by atoms with Gasteiger partial charge in [0.25, 0.3) is 0 Å². The zero-order chi connectivity index (χ0) is 13.2. The number of nitrogens with zero attached hydrogens (tertiary/aromatic N) is 2. The number of ether oxygens (including phenoxy) is 1. The Morgan fingerprint density at radius 2 is 2.11 bits per heavy atom. The first-order valence-electron chi connectivity index (χ1n) is 5.93. The first-order valence-corrected chi connectivity index (χ1v) is 7.19. The van der Waals surface area contributed by atoms with Crippen LogP contribution in [-0.4, -0.2) is 16.6 Å². The molecule has 0 unspecified atom stereocenters. The van der Waals surface area contributed by atoms with Crippen molar-refractivity contribution < 1.29 is 4.74 Å². The van der Waals surface area contributed by atoms with E-state index in [1.165, 1.54) is 0 Å². The second kappa shape index (κ2) is 5.51.